The van der Waals surface area contributed by atoms with Gasteiger partial charge in [-0.2, -0.15) is 0 Å². The van der Waals surface area contributed by atoms with Gasteiger partial charge < -0.3 is 19.6 Å². The van der Waals surface area contributed by atoms with Crippen LogP contribution in [0.2, 0.25) is 0 Å². The van der Waals surface area contributed by atoms with Crippen molar-refractivity contribution in [2.24, 2.45) is 0 Å². The van der Waals surface area contributed by atoms with Crippen LogP contribution < -0.4 is 15.1 Å². The largest absolute Gasteiger partial charge is 0.597 e. The molecule has 2 atom stereocenters. The van der Waals surface area contributed by atoms with Crippen LogP contribution in [0.3, 0.4) is 0 Å². The minimum absolute atomic E-state index is 0.0760. The number of benzene rings is 5. The molecule has 0 bridgehead atoms. The van der Waals surface area contributed by atoms with Crippen LogP contribution in [-0.4, -0.2) is 16.5 Å². The molecule has 0 saturated heterocycles. The molecule has 0 amide bonds. The minimum atomic E-state index is -3.56. The van der Waals surface area contributed by atoms with E-state index >= 15 is 0 Å². The summed E-state index contributed by atoms with van der Waals surface area (Å²) in [6.45, 7) is 0. The maximum absolute atomic E-state index is 13.7. The summed E-state index contributed by atoms with van der Waals surface area (Å²) in [5.74, 6) is 0.255. The summed E-state index contributed by atoms with van der Waals surface area (Å²) in [4.78, 5) is 3.21. The van der Waals surface area contributed by atoms with Crippen LogP contribution in [0.15, 0.2) is 119 Å². The summed E-state index contributed by atoms with van der Waals surface area (Å²) in [6, 6.07) is 33.9. The molecular weight excluding hydrogens is 581 g/mol. The standard InChI is InChI=1S/C18H13O4P.C12H8O2P.HO2P/c19-12-9-10-15(20)18(11-12)23(21)17-8-4-2-6-14(17)13-5-1-3-7-16(13)22-23;13-15-12-8-4-2-6-10(12)9-5-1-3-7-11(9)14-15;1-3-2/h1-11,19-20H;1-8H;(H,1,2)/q;+1;/i/hD. The van der Waals surface area contributed by atoms with Crippen molar-refractivity contribution in [2.45, 2.75) is 0 Å². The van der Waals surface area contributed by atoms with Gasteiger partial charge in [-0.3, -0.25) is 4.57 Å². The van der Waals surface area contributed by atoms with E-state index in [9.17, 15) is 19.3 Å². The summed E-state index contributed by atoms with van der Waals surface area (Å²) in [6.07, 6.45) is 0. The molecule has 2 unspecified atom stereocenters. The lowest BCUT2D eigenvalue weighted by Gasteiger charge is -2.29. The van der Waals surface area contributed by atoms with E-state index in [-0.39, 0.29) is 16.8 Å². The maximum Gasteiger partial charge on any atom is 0.597 e. The monoisotopic (exact) mass is 604 g/mol. The van der Waals surface area contributed by atoms with Gasteiger partial charge in [0.1, 0.15) is 17.2 Å². The van der Waals surface area contributed by atoms with Crippen LogP contribution in [0.5, 0.6) is 17.2 Å². The van der Waals surface area contributed by atoms with E-state index in [0.29, 0.717) is 16.6 Å². The first-order valence-electron chi connectivity index (χ1n) is 12.6. The molecule has 6 aromatic rings. The molecule has 1 aliphatic heterocycles. The zero-order valence-electron chi connectivity index (χ0n) is 22.2. The smallest absolute Gasteiger partial charge is 0.508 e. The number of rotatable bonds is 2. The van der Waals surface area contributed by atoms with Gasteiger partial charge in [-0.25, -0.2) is 8.76 Å². The van der Waals surface area contributed by atoms with E-state index in [4.69, 9.17) is 14.7 Å². The summed E-state index contributed by atoms with van der Waals surface area (Å²) >= 11 is 0. The van der Waals surface area contributed by atoms with Gasteiger partial charge in [0.2, 0.25) is 6.55 Å². The lowest BCUT2D eigenvalue weighted by atomic mass is 10.0. The normalized spacial score (nSPS) is 15.7. The topological polar surface area (TPSA) is 134 Å². The molecule has 1 aromatic heterocycles. The molecule has 0 radical (unpaired) electrons. The lowest BCUT2D eigenvalue weighted by Crippen LogP contribution is -2.25. The number of hydrogen-bond donors (Lipinski definition) is 3. The van der Waals surface area contributed by atoms with E-state index in [1.165, 1.54) is 18.2 Å². The summed E-state index contributed by atoms with van der Waals surface area (Å²) < 4.78 is 51.2. The van der Waals surface area contributed by atoms with Gasteiger partial charge in [0.05, 0.1) is 10.6 Å². The molecule has 2 heterocycles. The Labute approximate surface area is 238 Å². The summed E-state index contributed by atoms with van der Waals surface area (Å²) in [7, 11) is -5.89. The average Bonchev–Trinajstić information content (AvgIpc) is 3.03. The van der Waals surface area contributed by atoms with Crippen LogP contribution >= 0.6 is 23.7 Å². The number of hydrogen-bond acceptors (Lipinski definition) is 8. The molecular formula is C30H22O8P3+. The third kappa shape index (κ3) is 5.52. The first-order chi connectivity index (χ1) is 20.4. The van der Waals surface area contributed by atoms with Gasteiger partial charge in [0, 0.05) is 16.3 Å². The highest BCUT2D eigenvalue weighted by Gasteiger charge is 2.39. The minimum Gasteiger partial charge on any atom is -0.508 e. The van der Waals surface area contributed by atoms with Gasteiger partial charge in [-0.15, -0.1) is 0 Å². The van der Waals surface area contributed by atoms with Gasteiger partial charge in [-0.1, -0.05) is 66.7 Å². The molecule has 7 rings (SSSR count). The van der Waals surface area contributed by atoms with Crippen molar-refractivity contribution in [3.8, 4) is 28.4 Å². The molecule has 3 N–H and O–H groups in total. The maximum atomic E-state index is 13.7. The predicted octanol–water partition coefficient (Wildman–Crippen LogP) is 7.90. The van der Waals surface area contributed by atoms with Crippen LogP contribution in [-0.2, 0) is 13.7 Å². The van der Waals surface area contributed by atoms with Crippen LogP contribution in [0.1, 0.15) is 0 Å². The fourth-order valence-corrected chi connectivity index (χ4v) is 8.01. The van der Waals surface area contributed by atoms with Crippen molar-refractivity contribution >= 4 is 55.8 Å². The number of phenols is 2. The van der Waals surface area contributed by atoms with Crippen LogP contribution in [0, 0.1) is 0 Å². The molecule has 1 aliphatic rings. The zero-order chi connectivity index (χ0) is 29.7. The number of fused-ring (bicyclic) bond motifs is 6. The number of aromatic hydroxyl groups is 2. The second-order valence-corrected chi connectivity index (χ2v) is 12.3. The Kier molecular flexibility index (Phi) is 7.91. The molecule has 11 heteroatoms. The first kappa shape index (κ1) is 26.9. The molecule has 8 nitrogen and oxygen atoms in total. The van der Waals surface area contributed by atoms with Gasteiger partial charge >= 0.3 is 23.7 Å². The molecule has 0 aliphatic carbocycles. The van der Waals surface area contributed by atoms with Crippen molar-refractivity contribution in [3.05, 3.63) is 115 Å². The fourth-order valence-electron chi connectivity index (χ4n) is 4.61. The van der Waals surface area contributed by atoms with Crippen LogP contribution in [0.4, 0.5) is 0 Å². The molecule has 204 valence electrons. The predicted molar refractivity (Wildman–Crippen MR) is 160 cm³/mol. The van der Waals surface area contributed by atoms with E-state index in [1.54, 1.807) is 24.3 Å². The second-order valence-electron chi connectivity index (χ2n) is 8.77. The molecule has 0 fully saturated rings. The Morgan fingerprint density at radius 1 is 0.756 bits per heavy atom. The Morgan fingerprint density at radius 3 is 2.17 bits per heavy atom. The average molecular weight is 604 g/mol. The lowest BCUT2D eigenvalue weighted by molar-refractivity contribution is 0.459. The van der Waals surface area contributed by atoms with Crippen molar-refractivity contribution in [1.29, 1.82) is 1.43 Å². The fraction of sp³-hybridized carbons (Fsp3) is 0. The SMILES string of the molecule is O=P1(c2cc(O)ccc2O)Oc2ccccc2-c2ccccc21.O=[p+]1oc2ccccc2c2ccccc21.[2H]OP=O. The Bertz CT molecular complexity index is 2030. The van der Waals surface area contributed by atoms with Crippen molar-refractivity contribution in [1.82, 2.24) is 0 Å². The van der Waals surface area contributed by atoms with Crippen molar-refractivity contribution in [3.63, 3.8) is 0 Å². The van der Waals surface area contributed by atoms with E-state index in [2.05, 4.69) is 4.90 Å². The second kappa shape index (κ2) is 12.1. The molecule has 0 spiro atoms. The third-order valence-electron chi connectivity index (χ3n) is 6.36. The quantitative estimate of drug-likeness (QED) is 0.103. The Hall–Kier alpha value is -4.31. The Balaban J connectivity index is 0.000000159. The van der Waals surface area contributed by atoms with Crippen molar-refractivity contribution in [2.75, 3.05) is 0 Å². The molecule has 5 aromatic carbocycles. The third-order valence-corrected chi connectivity index (χ3v) is 9.98. The summed E-state index contributed by atoms with van der Waals surface area (Å²) in [5.41, 5.74) is 2.37. The van der Waals surface area contributed by atoms with Crippen LogP contribution in [0.25, 0.3) is 32.6 Å². The highest BCUT2D eigenvalue weighted by atomic mass is 31.2. The van der Waals surface area contributed by atoms with E-state index in [1.807, 2.05) is 72.8 Å². The highest BCUT2D eigenvalue weighted by Crippen LogP contribution is 2.55. The first-order valence-corrected chi connectivity index (χ1v) is 15.7. The zero-order valence-corrected chi connectivity index (χ0v) is 23.8. The number of para-hydroxylation sites is 2. The van der Waals surface area contributed by atoms with E-state index < -0.39 is 23.7 Å². The molecule has 41 heavy (non-hydrogen) atoms. The van der Waals surface area contributed by atoms with Gasteiger partial charge in [-0.05, 0) is 58.7 Å². The van der Waals surface area contributed by atoms with E-state index in [0.717, 1.165) is 27.0 Å². The molecule has 0 saturated carbocycles. The van der Waals surface area contributed by atoms with Gasteiger partial charge in [0.15, 0.2) is 5.58 Å². The van der Waals surface area contributed by atoms with Crippen molar-refractivity contribution < 1.29 is 37.5 Å². The van der Waals surface area contributed by atoms with Gasteiger partial charge in [0.25, 0.3) is 0 Å². The Morgan fingerprint density at radius 2 is 1.39 bits per heavy atom. The number of phenolic OH excluding ortho intramolecular Hbond substituents is 2. The summed E-state index contributed by atoms with van der Waals surface area (Å²) in [5, 5.41) is 23.3. The highest BCUT2D eigenvalue weighted by molar-refractivity contribution is 7.75.